The molecule has 0 aromatic heterocycles. The maximum absolute atomic E-state index is 13.4. The lowest BCUT2D eigenvalue weighted by atomic mass is 10.2. The van der Waals surface area contributed by atoms with Crippen molar-refractivity contribution in [3.63, 3.8) is 0 Å². The number of benzene rings is 2. The third-order valence-electron chi connectivity index (χ3n) is 5.13. The molecule has 0 radical (unpaired) electrons. The van der Waals surface area contributed by atoms with Gasteiger partial charge in [0, 0.05) is 32.7 Å². The van der Waals surface area contributed by atoms with E-state index in [2.05, 4.69) is 4.90 Å². The second-order valence-corrected chi connectivity index (χ2v) is 9.58. The smallest absolute Gasteiger partial charge is 0.243 e. The van der Waals surface area contributed by atoms with Crippen LogP contribution in [0.5, 0.6) is 5.75 Å². The third-order valence-corrected chi connectivity index (χ3v) is 7.21. The standard InChI is InChI=1S/C21H26ClN3O4S/c1-23-10-12-24(13-11-23)21(26)16-25(15-17-6-4-3-5-7-17)30(27,28)18-8-9-20(29-2)19(22)14-18/h3-9,14H,10-13,15-16H2,1-2H3. The fraction of sp³-hybridized carbons (Fsp3) is 0.381. The highest BCUT2D eigenvalue weighted by molar-refractivity contribution is 7.89. The molecule has 1 aliphatic heterocycles. The van der Waals surface area contributed by atoms with Crippen molar-refractivity contribution in [3.05, 3.63) is 59.1 Å². The van der Waals surface area contributed by atoms with Crippen molar-refractivity contribution < 1.29 is 17.9 Å². The minimum Gasteiger partial charge on any atom is -0.495 e. The quantitative estimate of drug-likeness (QED) is 0.646. The van der Waals surface area contributed by atoms with Crippen molar-refractivity contribution >= 4 is 27.5 Å². The summed E-state index contributed by atoms with van der Waals surface area (Å²) in [4.78, 5) is 16.8. The number of carbonyl (C=O) groups is 1. The van der Waals surface area contributed by atoms with Gasteiger partial charge >= 0.3 is 0 Å². The summed E-state index contributed by atoms with van der Waals surface area (Å²) in [6.07, 6.45) is 0. The maximum atomic E-state index is 13.4. The fourth-order valence-corrected chi connectivity index (χ4v) is 5.00. The summed E-state index contributed by atoms with van der Waals surface area (Å²) in [7, 11) is -0.490. The zero-order chi connectivity index (χ0) is 21.7. The number of piperazine rings is 1. The van der Waals surface area contributed by atoms with E-state index in [4.69, 9.17) is 16.3 Å². The van der Waals surface area contributed by atoms with Gasteiger partial charge in [-0.05, 0) is 30.8 Å². The number of amides is 1. The van der Waals surface area contributed by atoms with Gasteiger partial charge in [-0.25, -0.2) is 8.42 Å². The Morgan fingerprint density at radius 3 is 2.37 bits per heavy atom. The molecule has 7 nitrogen and oxygen atoms in total. The Morgan fingerprint density at radius 2 is 1.77 bits per heavy atom. The van der Waals surface area contributed by atoms with Crippen LogP contribution in [-0.4, -0.2) is 75.3 Å². The van der Waals surface area contributed by atoms with Crippen LogP contribution in [0.3, 0.4) is 0 Å². The molecule has 0 spiro atoms. The van der Waals surface area contributed by atoms with E-state index in [-0.39, 0.29) is 28.9 Å². The lowest BCUT2D eigenvalue weighted by Crippen LogP contribution is -2.50. The van der Waals surface area contributed by atoms with Crippen LogP contribution in [0.1, 0.15) is 5.56 Å². The van der Waals surface area contributed by atoms with Gasteiger partial charge in [0.1, 0.15) is 5.75 Å². The first-order valence-electron chi connectivity index (χ1n) is 9.65. The van der Waals surface area contributed by atoms with E-state index in [0.717, 1.165) is 18.7 Å². The van der Waals surface area contributed by atoms with Crippen LogP contribution >= 0.6 is 11.6 Å². The van der Waals surface area contributed by atoms with Gasteiger partial charge in [0.25, 0.3) is 0 Å². The zero-order valence-corrected chi connectivity index (χ0v) is 18.7. The lowest BCUT2D eigenvalue weighted by molar-refractivity contribution is -0.133. The molecule has 0 atom stereocenters. The van der Waals surface area contributed by atoms with Gasteiger partial charge in [-0.3, -0.25) is 4.79 Å². The fourth-order valence-electron chi connectivity index (χ4n) is 3.28. The number of carbonyl (C=O) groups excluding carboxylic acids is 1. The average Bonchev–Trinajstić information content (AvgIpc) is 2.74. The molecular formula is C21H26ClN3O4S. The SMILES string of the molecule is COc1ccc(S(=O)(=O)N(CC(=O)N2CCN(C)CC2)Cc2ccccc2)cc1Cl. The number of halogens is 1. The molecule has 2 aromatic carbocycles. The minimum atomic E-state index is -3.96. The normalized spacial score (nSPS) is 15.4. The van der Waals surface area contributed by atoms with Gasteiger partial charge in [-0.1, -0.05) is 41.9 Å². The van der Waals surface area contributed by atoms with E-state index >= 15 is 0 Å². The number of likely N-dealkylation sites (N-methyl/N-ethyl adjacent to an activating group) is 1. The van der Waals surface area contributed by atoms with Crippen molar-refractivity contribution in [1.82, 2.24) is 14.1 Å². The summed E-state index contributed by atoms with van der Waals surface area (Å²) in [5, 5.41) is 0.198. The van der Waals surface area contributed by atoms with E-state index in [9.17, 15) is 13.2 Å². The van der Waals surface area contributed by atoms with Crippen LogP contribution in [0.2, 0.25) is 5.02 Å². The second kappa shape index (κ2) is 9.78. The molecule has 0 unspecified atom stereocenters. The first kappa shape index (κ1) is 22.6. The van der Waals surface area contributed by atoms with Crippen LogP contribution in [0.4, 0.5) is 0 Å². The molecular weight excluding hydrogens is 426 g/mol. The van der Waals surface area contributed by atoms with Gasteiger partial charge in [-0.2, -0.15) is 4.31 Å². The van der Waals surface area contributed by atoms with E-state index in [1.54, 1.807) is 4.90 Å². The van der Waals surface area contributed by atoms with Gasteiger partial charge in [-0.15, -0.1) is 0 Å². The number of nitrogens with zero attached hydrogens (tertiary/aromatic N) is 3. The highest BCUT2D eigenvalue weighted by Gasteiger charge is 2.30. The molecule has 0 aliphatic carbocycles. The Labute approximate surface area is 182 Å². The van der Waals surface area contributed by atoms with Crippen LogP contribution in [0, 0.1) is 0 Å². The monoisotopic (exact) mass is 451 g/mol. The molecule has 3 rings (SSSR count). The molecule has 2 aromatic rings. The largest absolute Gasteiger partial charge is 0.495 e. The summed E-state index contributed by atoms with van der Waals surface area (Å²) in [5.41, 5.74) is 0.798. The molecule has 30 heavy (non-hydrogen) atoms. The summed E-state index contributed by atoms with van der Waals surface area (Å²) >= 11 is 6.15. The molecule has 0 saturated carbocycles. The van der Waals surface area contributed by atoms with Crippen molar-refractivity contribution in [1.29, 1.82) is 0 Å². The minimum absolute atomic E-state index is 0.0235. The van der Waals surface area contributed by atoms with Gasteiger partial charge < -0.3 is 14.5 Å². The highest BCUT2D eigenvalue weighted by Crippen LogP contribution is 2.29. The molecule has 0 bridgehead atoms. The Hall–Kier alpha value is -2.13. The maximum Gasteiger partial charge on any atom is 0.243 e. The number of hydrogen-bond donors (Lipinski definition) is 0. The topological polar surface area (TPSA) is 70.2 Å². The van der Waals surface area contributed by atoms with Crippen molar-refractivity contribution in [2.75, 3.05) is 46.9 Å². The van der Waals surface area contributed by atoms with Crippen LogP contribution in [0.25, 0.3) is 0 Å². The first-order valence-corrected chi connectivity index (χ1v) is 11.5. The molecule has 1 heterocycles. The summed E-state index contributed by atoms with van der Waals surface area (Å²) in [6, 6.07) is 13.5. The van der Waals surface area contributed by atoms with E-state index in [0.29, 0.717) is 18.8 Å². The Morgan fingerprint density at radius 1 is 1.10 bits per heavy atom. The van der Waals surface area contributed by atoms with Gasteiger partial charge in [0.05, 0.1) is 23.6 Å². The van der Waals surface area contributed by atoms with Crippen molar-refractivity contribution in [2.45, 2.75) is 11.4 Å². The predicted octanol–water partition coefficient (Wildman–Crippen LogP) is 2.31. The summed E-state index contributed by atoms with van der Waals surface area (Å²) < 4.78 is 33.1. The number of hydrogen-bond acceptors (Lipinski definition) is 5. The van der Waals surface area contributed by atoms with E-state index < -0.39 is 10.0 Å². The number of rotatable bonds is 7. The van der Waals surface area contributed by atoms with Crippen LogP contribution in [0.15, 0.2) is 53.4 Å². The van der Waals surface area contributed by atoms with Gasteiger partial charge in [0.15, 0.2) is 0 Å². The molecule has 1 saturated heterocycles. The number of sulfonamides is 1. The van der Waals surface area contributed by atoms with Crippen LogP contribution < -0.4 is 4.74 Å². The zero-order valence-electron chi connectivity index (χ0n) is 17.1. The van der Waals surface area contributed by atoms with Crippen molar-refractivity contribution in [2.24, 2.45) is 0 Å². The second-order valence-electron chi connectivity index (χ2n) is 7.24. The van der Waals surface area contributed by atoms with Crippen molar-refractivity contribution in [3.8, 4) is 5.75 Å². The first-order chi connectivity index (χ1) is 14.3. The summed E-state index contributed by atoms with van der Waals surface area (Å²) in [6.45, 7) is 2.57. The van der Waals surface area contributed by atoms with Crippen LogP contribution in [-0.2, 0) is 21.4 Å². The molecule has 1 aliphatic rings. The molecule has 0 N–H and O–H groups in total. The van der Waals surface area contributed by atoms with E-state index in [1.807, 2.05) is 37.4 Å². The summed E-state index contributed by atoms with van der Waals surface area (Å²) in [5.74, 6) is 0.181. The number of methoxy groups -OCH3 is 1. The molecule has 1 fully saturated rings. The third kappa shape index (κ3) is 5.31. The Bertz CT molecular complexity index is 977. The number of ether oxygens (including phenoxy) is 1. The molecule has 1 amide bonds. The highest BCUT2D eigenvalue weighted by atomic mass is 35.5. The Balaban J connectivity index is 1.88. The van der Waals surface area contributed by atoms with Gasteiger partial charge in [0.2, 0.25) is 15.9 Å². The lowest BCUT2D eigenvalue weighted by Gasteiger charge is -2.33. The predicted molar refractivity (Wildman–Crippen MR) is 116 cm³/mol. The Kier molecular flexibility index (Phi) is 7.36. The molecule has 162 valence electrons. The van der Waals surface area contributed by atoms with E-state index in [1.165, 1.54) is 29.6 Å². The molecule has 9 heteroatoms. The average molecular weight is 452 g/mol.